The molecule has 0 atom stereocenters. The average molecular weight is 453 g/mol. The number of rotatable bonds is 6. The summed E-state index contributed by atoms with van der Waals surface area (Å²) in [5, 5.41) is 20.3. The van der Waals surface area contributed by atoms with Crippen LogP contribution in [0.4, 0.5) is 10.1 Å². The molecule has 0 aliphatic carbocycles. The summed E-state index contributed by atoms with van der Waals surface area (Å²) < 4.78 is 19.5. The third-order valence-corrected chi connectivity index (χ3v) is 4.68. The van der Waals surface area contributed by atoms with Crippen molar-refractivity contribution in [3.05, 3.63) is 104 Å². The van der Waals surface area contributed by atoms with Crippen molar-refractivity contribution in [3.8, 4) is 11.8 Å². The van der Waals surface area contributed by atoms with Crippen LogP contribution in [0.25, 0.3) is 11.6 Å². The molecule has 0 N–H and O–H groups in total. The molecule has 0 saturated carbocycles. The van der Waals surface area contributed by atoms with E-state index in [-0.39, 0.29) is 18.1 Å². The number of allylic oxidation sites excluding steroid dienone is 1. The first kappa shape index (κ1) is 20.2. The number of hydrogen-bond donors (Lipinski definition) is 0. The maximum absolute atomic E-state index is 13.1. The minimum absolute atomic E-state index is 0.00970. The SMILES string of the molecule is N#CC(=Cc1ccc(OCc2cccc([N+](=O)[O-])c2)c(Br)c1)c1ccc(F)cc1. The molecule has 0 unspecified atom stereocenters. The predicted molar refractivity (Wildman–Crippen MR) is 111 cm³/mol. The fraction of sp³-hybridized carbons (Fsp3) is 0.0455. The quantitative estimate of drug-likeness (QED) is 0.195. The van der Waals surface area contributed by atoms with Crippen molar-refractivity contribution in [2.75, 3.05) is 0 Å². The number of non-ortho nitro benzene ring substituents is 1. The van der Waals surface area contributed by atoms with Crippen LogP contribution >= 0.6 is 15.9 Å². The van der Waals surface area contributed by atoms with Gasteiger partial charge in [0.05, 0.1) is 21.0 Å². The Hall–Kier alpha value is -3.50. The predicted octanol–water partition coefficient (Wildman–Crippen LogP) is 6.14. The molecule has 3 rings (SSSR count). The molecule has 0 amide bonds. The highest BCUT2D eigenvalue weighted by Crippen LogP contribution is 2.29. The number of ether oxygens (including phenoxy) is 1. The molecule has 0 spiro atoms. The van der Waals surface area contributed by atoms with E-state index in [0.29, 0.717) is 26.9 Å². The molecule has 0 saturated heterocycles. The van der Waals surface area contributed by atoms with Crippen molar-refractivity contribution >= 4 is 33.3 Å². The summed E-state index contributed by atoms with van der Waals surface area (Å²) in [6, 6.07) is 19.4. The van der Waals surface area contributed by atoms with Crippen molar-refractivity contribution in [2.45, 2.75) is 6.61 Å². The Bertz CT molecular complexity index is 1120. The lowest BCUT2D eigenvalue weighted by Crippen LogP contribution is -1.97. The fourth-order valence-corrected chi connectivity index (χ4v) is 3.13. The number of nitro benzene ring substituents is 1. The minimum Gasteiger partial charge on any atom is -0.488 e. The molecular formula is C22H14BrFN2O3. The first-order valence-electron chi connectivity index (χ1n) is 8.49. The van der Waals surface area contributed by atoms with E-state index < -0.39 is 4.92 Å². The molecule has 0 aromatic heterocycles. The summed E-state index contributed by atoms with van der Waals surface area (Å²) >= 11 is 3.44. The Balaban J connectivity index is 1.76. The number of nitrogens with zero attached hydrogens (tertiary/aromatic N) is 2. The van der Waals surface area contributed by atoms with Crippen molar-refractivity contribution in [3.63, 3.8) is 0 Å². The molecule has 0 aliphatic heterocycles. The van der Waals surface area contributed by atoms with Crippen LogP contribution < -0.4 is 4.74 Å². The lowest BCUT2D eigenvalue weighted by molar-refractivity contribution is -0.384. The lowest BCUT2D eigenvalue weighted by atomic mass is 10.0. The maximum atomic E-state index is 13.1. The summed E-state index contributed by atoms with van der Waals surface area (Å²) in [5.41, 5.74) is 2.48. The second kappa shape index (κ2) is 9.13. The monoisotopic (exact) mass is 452 g/mol. The van der Waals surface area contributed by atoms with E-state index in [4.69, 9.17) is 4.74 Å². The van der Waals surface area contributed by atoms with Crippen molar-refractivity contribution in [1.82, 2.24) is 0 Å². The molecule has 0 heterocycles. The number of hydrogen-bond acceptors (Lipinski definition) is 4. The van der Waals surface area contributed by atoms with Gasteiger partial charge in [0.15, 0.2) is 0 Å². The second-order valence-electron chi connectivity index (χ2n) is 6.08. The van der Waals surface area contributed by atoms with Gasteiger partial charge in [0.25, 0.3) is 5.69 Å². The first-order chi connectivity index (χ1) is 14.0. The van der Waals surface area contributed by atoms with Crippen LogP contribution in [-0.2, 0) is 6.61 Å². The van der Waals surface area contributed by atoms with Gasteiger partial charge in [0.1, 0.15) is 18.2 Å². The molecule has 144 valence electrons. The minimum atomic E-state index is -0.450. The van der Waals surface area contributed by atoms with E-state index in [9.17, 15) is 19.8 Å². The molecule has 5 nitrogen and oxygen atoms in total. The van der Waals surface area contributed by atoms with E-state index >= 15 is 0 Å². The van der Waals surface area contributed by atoms with Gasteiger partial charge in [0.2, 0.25) is 0 Å². The molecule has 0 aliphatic rings. The molecular weight excluding hydrogens is 439 g/mol. The highest BCUT2D eigenvalue weighted by atomic mass is 79.9. The number of nitro groups is 1. The van der Waals surface area contributed by atoms with Crippen LogP contribution in [-0.4, -0.2) is 4.92 Å². The zero-order valence-corrected chi connectivity index (χ0v) is 16.6. The Morgan fingerprint density at radius 3 is 2.59 bits per heavy atom. The summed E-state index contributed by atoms with van der Waals surface area (Å²) in [6.45, 7) is 0.175. The van der Waals surface area contributed by atoms with Gasteiger partial charge in [-0.25, -0.2) is 4.39 Å². The van der Waals surface area contributed by atoms with Gasteiger partial charge in [-0.3, -0.25) is 10.1 Å². The van der Waals surface area contributed by atoms with Gasteiger partial charge in [-0.05, 0) is 63.0 Å². The van der Waals surface area contributed by atoms with Gasteiger partial charge in [0, 0.05) is 12.1 Å². The van der Waals surface area contributed by atoms with E-state index in [1.54, 1.807) is 48.5 Å². The van der Waals surface area contributed by atoms with Crippen molar-refractivity contribution in [1.29, 1.82) is 5.26 Å². The third-order valence-electron chi connectivity index (χ3n) is 4.06. The maximum Gasteiger partial charge on any atom is 0.269 e. The van der Waals surface area contributed by atoms with Gasteiger partial charge < -0.3 is 4.74 Å². The summed E-state index contributed by atoms with van der Waals surface area (Å²) in [5.74, 6) is 0.202. The lowest BCUT2D eigenvalue weighted by Gasteiger charge is -2.09. The van der Waals surface area contributed by atoms with Crippen LogP contribution in [0.5, 0.6) is 5.75 Å². The zero-order valence-electron chi connectivity index (χ0n) is 15.0. The first-order valence-corrected chi connectivity index (χ1v) is 9.29. The molecule has 7 heteroatoms. The number of benzene rings is 3. The van der Waals surface area contributed by atoms with E-state index in [2.05, 4.69) is 22.0 Å². The summed E-state index contributed by atoms with van der Waals surface area (Å²) in [7, 11) is 0. The summed E-state index contributed by atoms with van der Waals surface area (Å²) in [6.07, 6.45) is 1.70. The number of nitriles is 1. The molecule has 0 bridgehead atoms. The standard InChI is InChI=1S/C22H14BrFN2O3/c23-21-12-15(10-18(13-25)17-5-7-19(24)8-6-17)4-9-22(21)29-14-16-2-1-3-20(11-16)26(27)28/h1-12H,14H2. The van der Waals surface area contributed by atoms with Crippen molar-refractivity contribution in [2.24, 2.45) is 0 Å². The Morgan fingerprint density at radius 2 is 1.93 bits per heavy atom. The Kier molecular flexibility index (Phi) is 6.37. The van der Waals surface area contributed by atoms with Crippen LogP contribution in [0.1, 0.15) is 16.7 Å². The molecule has 3 aromatic carbocycles. The highest BCUT2D eigenvalue weighted by molar-refractivity contribution is 9.10. The smallest absolute Gasteiger partial charge is 0.269 e. The largest absolute Gasteiger partial charge is 0.488 e. The van der Waals surface area contributed by atoms with Crippen LogP contribution in [0.3, 0.4) is 0 Å². The topological polar surface area (TPSA) is 76.2 Å². The molecule has 0 fully saturated rings. The number of halogens is 2. The van der Waals surface area contributed by atoms with Gasteiger partial charge >= 0.3 is 0 Å². The fourth-order valence-electron chi connectivity index (χ4n) is 2.62. The highest BCUT2D eigenvalue weighted by Gasteiger charge is 2.08. The second-order valence-corrected chi connectivity index (χ2v) is 6.94. The summed E-state index contributed by atoms with van der Waals surface area (Å²) in [4.78, 5) is 10.4. The van der Waals surface area contributed by atoms with Crippen LogP contribution in [0, 0.1) is 27.3 Å². The van der Waals surface area contributed by atoms with Crippen LogP contribution in [0.15, 0.2) is 71.2 Å². The van der Waals surface area contributed by atoms with Gasteiger partial charge in [-0.15, -0.1) is 0 Å². The van der Waals surface area contributed by atoms with Crippen molar-refractivity contribution < 1.29 is 14.1 Å². The van der Waals surface area contributed by atoms with Gasteiger partial charge in [-0.2, -0.15) is 5.26 Å². The van der Waals surface area contributed by atoms with Crippen LogP contribution in [0.2, 0.25) is 0 Å². The van der Waals surface area contributed by atoms with E-state index in [1.807, 2.05) is 0 Å². The van der Waals surface area contributed by atoms with Gasteiger partial charge in [-0.1, -0.05) is 30.3 Å². The van der Waals surface area contributed by atoms with E-state index in [1.165, 1.54) is 24.3 Å². The average Bonchev–Trinajstić information content (AvgIpc) is 2.72. The normalized spacial score (nSPS) is 11.0. The Labute approximate surface area is 175 Å². The third kappa shape index (κ3) is 5.27. The molecule has 3 aromatic rings. The molecule has 29 heavy (non-hydrogen) atoms. The zero-order chi connectivity index (χ0) is 20.8. The molecule has 0 radical (unpaired) electrons. The van der Waals surface area contributed by atoms with E-state index in [0.717, 1.165) is 5.56 Å². The Morgan fingerprint density at radius 1 is 1.17 bits per heavy atom.